The lowest BCUT2D eigenvalue weighted by Crippen LogP contribution is -2.45. The highest BCUT2D eigenvalue weighted by atomic mass is 16.2. The second-order valence-electron chi connectivity index (χ2n) is 3.56. The van der Waals surface area contributed by atoms with Gasteiger partial charge in [-0.3, -0.25) is 9.69 Å². The van der Waals surface area contributed by atoms with Crippen LogP contribution >= 0.6 is 0 Å². The molecule has 4 nitrogen and oxygen atoms in total. The Balaban J connectivity index is 0.000000671. The van der Waals surface area contributed by atoms with E-state index in [1.165, 1.54) is 4.90 Å². The van der Waals surface area contributed by atoms with Gasteiger partial charge in [-0.25, -0.2) is 4.79 Å². The number of rotatable bonds is 0. The summed E-state index contributed by atoms with van der Waals surface area (Å²) in [7, 11) is 0. The summed E-state index contributed by atoms with van der Waals surface area (Å²) >= 11 is 0. The van der Waals surface area contributed by atoms with Crippen LogP contribution in [0.15, 0.2) is 0 Å². The first kappa shape index (κ1) is 11.9. The van der Waals surface area contributed by atoms with Crippen molar-refractivity contribution in [3.8, 4) is 0 Å². The topological polar surface area (TPSA) is 49.4 Å². The van der Waals surface area contributed by atoms with Crippen LogP contribution in [-0.4, -0.2) is 28.9 Å². The number of urea groups is 1. The summed E-state index contributed by atoms with van der Waals surface area (Å²) < 4.78 is 0. The van der Waals surface area contributed by atoms with E-state index in [2.05, 4.69) is 5.32 Å². The highest BCUT2D eigenvalue weighted by Crippen LogP contribution is 2.15. The SMILES string of the molecule is CC.CC(C)(C)N1C(=O)CNC1=O. The van der Waals surface area contributed by atoms with Gasteiger partial charge in [-0.2, -0.15) is 0 Å². The molecule has 1 rings (SSSR count). The summed E-state index contributed by atoms with van der Waals surface area (Å²) in [4.78, 5) is 23.3. The predicted octanol–water partition coefficient (Wildman–Crippen LogP) is 1.36. The third kappa shape index (κ3) is 2.72. The molecule has 3 amide bonds. The van der Waals surface area contributed by atoms with E-state index in [0.717, 1.165) is 0 Å². The Morgan fingerprint density at radius 1 is 1.23 bits per heavy atom. The summed E-state index contributed by atoms with van der Waals surface area (Å²) in [5.74, 6) is -0.150. The predicted molar refractivity (Wildman–Crippen MR) is 51.3 cm³/mol. The van der Waals surface area contributed by atoms with E-state index in [0.29, 0.717) is 0 Å². The van der Waals surface area contributed by atoms with E-state index >= 15 is 0 Å². The maximum absolute atomic E-state index is 11.1. The smallest absolute Gasteiger partial charge is 0.325 e. The fourth-order valence-corrected chi connectivity index (χ4v) is 1.10. The van der Waals surface area contributed by atoms with Crippen LogP contribution in [0.1, 0.15) is 34.6 Å². The zero-order chi connectivity index (χ0) is 10.6. The molecule has 1 aliphatic heterocycles. The second-order valence-corrected chi connectivity index (χ2v) is 3.56. The Morgan fingerprint density at radius 2 is 1.69 bits per heavy atom. The molecule has 1 aliphatic rings. The number of carbonyl (C=O) groups is 2. The zero-order valence-corrected chi connectivity index (χ0v) is 8.97. The van der Waals surface area contributed by atoms with Gasteiger partial charge >= 0.3 is 6.03 Å². The largest absolute Gasteiger partial charge is 0.329 e. The Hall–Kier alpha value is -1.06. The molecule has 0 aliphatic carbocycles. The monoisotopic (exact) mass is 186 g/mol. The van der Waals surface area contributed by atoms with Crippen LogP contribution in [0.5, 0.6) is 0 Å². The van der Waals surface area contributed by atoms with E-state index in [1.54, 1.807) is 0 Å². The molecule has 0 spiro atoms. The highest BCUT2D eigenvalue weighted by molar-refractivity contribution is 6.02. The molecule has 0 atom stereocenters. The van der Waals surface area contributed by atoms with Gasteiger partial charge in [0.05, 0.1) is 6.54 Å². The van der Waals surface area contributed by atoms with Crippen LogP contribution < -0.4 is 5.32 Å². The first-order valence-electron chi connectivity index (χ1n) is 4.54. The Bertz CT molecular complexity index is 190. The van der Waals surface area contributed by atoms with Crippen molar-refractivity contribution in [1.29, 1.82) is 0 Å². The van der Waals surface area contributed by atoms with Crippen molar-refractivity contribution in [2.45, 2.75) is 40.2 Å². The van der Waals surface area contributed by atoms with Crippen molar-refractivity contribution >= 4 is 11.9 Å². The minimum Gasteiger partial charge on any atom is -0.329 e. The minimum atomic E-state index is -0.405. The van der Waals surface area contributed by atoms with E-state index < -0.39 is 5.54 Å². The van der Waals surface area contributed by atoms with Crippen LogP contribution in [0.25, 0.3) is 0 Å². The van der Waals surface area contributed by atoms with Gasteiger partial charge < -0.3 is 5.32 Å². The minimum absolute atomic E-state index is 0.135. The summed E-state index contributed by atoms with van der Waals surface area (Å²) in [5, 5.41) is 2.46. The Morgan fingerprint density at radius 3 is 1.85 bits per heavy atom. The third-order valence-electron chi connectivity index (χ3n) is 1.51. The van der Waals surface area contributed by atoms with Crippen molar-refractivity contribution in [2.24, 2.45) is 0 Å². The molecule has 0 bridgehead atoms. The third-order valence-corrected chi connectivity index (χ3v) is 1.51. The van der Waals surface area contributed by atoms with Crippen LogP contribution in [0.4, 0.5) is 4.79 Å². The molecule has 0 saturated carbocycles. The molecule has 0 radical (unpaired) electrons. The quantitative estimate of drug-likeness (QED) is 0.581. The summed E-state index contributed by atoms with van der Waals surface area (Å²) in [5.41, 5.74) is -0.405. The summed E-state index contributed by atoms with van der Waals surface area (Å²) in [6, 6.07) is -0.289. The van der Waals surface area contributed by atoms with Gasteiger partial charge in [-0.1, -0.05) is 13.8 Å². The number of hydrogen-bond acceptors (Lipinski definition) is 2. The van der Waals surface area contributed by atoms with Gasteiger partial charge in [0, 0.05) is 5.54 Å². The first-order chi connectivity index (χ1) is 5.93. The molecule has 0 aromatic rings. The highest BCUT2D eigenvalue weighted by Gasteiger charge is 2.36. The number of imide groups is 1. The van der Waals surface area contributed by atoms with Crippen molar-refractivity contribution in [3.05, 3.63) is 0 Å². The molecule has 1 N–H and O–H groups in total. The van der Waals surface area contributed by atoms with E-state index in [1.807, 2.05) is 34.6 Å². The number of amides is 3. The van der Waals surface area contributed by atoms with E-state index in [-0.39, 0.29) is 18.5 Å². The van der Waals surface area contributed by atoms with E-state index in [4.69, 9.17) is 0 Å². The molecular formula is C9H18N2O2. The lowest BCUT2D eigenvalue weighted by atomic mass is 10.1. The zero-order valence-electron chi connectivity index (χ0n) is 8.97. The number of nitrogens with zero attached hydrogens (tertiary/aromatic N) is 1. The summed E-state index contributed by atoms with van der Waals surface area (Å²) in [6.07, 6.45) is 0. The van der Waals surface area contributed by atoms with Crippen LogP contribution in [-0.2, 0) is 4.79 Å². The average molecular weight is 186 g/mol. The van der Waals surface area contributed by atoms with Crippen molar-refractivity contribution in [2.75, 3.05) is 6.54 Å². The fourth-order valence-electron chi connectivity index (χ4n) is 1.10. The maximum atomic E-state index is 11.1. The van der Waals surface area contributed by atoms with E-state index in [9.17, 15) is 9.59 Å². The van der Waals surface area contributed by atoms with Crippen molar-refractivity contribution < 1.29 is 9.59 Å². The fraction of sp³-hybridized carbons (Fsp3) is 0.778. The average Bonchev–Trinajstić information content (AvgIpc) is 2.33. The molecule has 1 fully saturated rings. The molecule has 1 saturated heterocycles. The molecular weight excluding hydrogens is 168 g/mol. The molecule has 4 heteroatoms. The van der Waals surface area contributed by atoms with Crippen molar-refractivity contribution in [1.82, 2.24) is 10.2 Å². The summed E-state index contributed by atoms with van der Waals surface area (Å²) in [6.45, 7) is 9.62. The van der Waals surface area contributed by atoms with Gasteiger partial charge in [0.2, 0.25) is 0 Å². The van der Waals surface area contributed by atoms with Gasteiger partial charge in [0.15, 0.2) is 0 Å². The molecule has 0 aromatic heterocycles. The molecule has 13 heavy (non-hydrogen) atoms. The standard InChI is InChI=1S/C7H12N2O2.C2H6/c1-7(2,3)9-5(10)4-8-6(9)11;1-2/h4H2,1-3H3,(H,8,11);1-2H3. The van der Waals surface area contributed by atoms with Gasteiger partial charge in [-0.05, 0) is 20.8 Å². The van der Waals surface area contributed by atoms with Crippen LogP contribution in [0.2, 0.25) is 0 Å². The van der Waals surface area contributed by atoms with Gasteiger partial charge in [0.1, 0.15) is 0 Å². The van der Waals surface area contributed by atoms with Crippen LogP contribution in [0.3, 0.4) is 0 Å². The molecule has 76 valence electrons. The van der Waals surface area contributed by atoms with Gasteiger partial charge in [0.25, 0.3) is 5.91 Å². The normalized spacial score (nSPS) is 16.5. The molecule has 0 aromatic carbocycles. The number of carbonyl (C=O) groups excluding carboxylic acids is 2. The number of hydrogen-bond donors (Lipinski definition) is 1. The Labute approximate surface area is 79.3 Å². The van der Waals surface area contributed by atoms with Gasteiger partial charge in [-0.15, -0.1) is 0 Å². The lowest BCUT2D eigenvalue weighted by Gasteiger charge is -2.28. The Kier molecular flexibility index (Phi) is 3.91. The lowest BCUT2D eigenvalue weighted by molar-refractivity contribution is -0.128. The molecule has 1 heterocycles. The number of nitrogens with one attached hydrogen (secondary N) is 1. The second kappa shape index (κ2) is 4.25. The molecule has 0 unspecified atom stereocenters. The maximum Gasteiger partial charge on any atom is 0.325 e. The van der Waals surface area contributed by atoms with Crippen LogP contribution in [0, 0.1) is 0 Å². The first-order valence-corrected chi connectivity index (χ1v) is 4.54. The van der Waals surface area contributed by atoms with Crippen molar-refractivity contribution in [3.63, 3.8) is 0 Å².